The lowest BCUT2D eigenvalue weighted by Crippen LogP contribution is -2.45. The molecule has 6 heteroatoms. The lowest BCUT2D eigenvalue weighted by molar-refractivity contribution is -0.143. The van der Waals surface area contributed by atoms with Gasteiger partial charge in [-0.3, -0.25) is 9.59 Å². The number of allylic oxidation sites excluding steroid dienone is 6. The third kappa shape index (κ3) is 55.4. The van der Waals surface area contributed by atoms with E-state index in [1.165, 1.54) is 231 Å². The van der Waals surface area contributed by atoms with Crippen molar-refractivity contribution in [2.24, 2.45) is 0 Å². The molecule has 0 spiro atoms. The van der Waals surface area contributed by atoms with E-state index in [2.05, 4.69) is 55.6 Å². The minimum atomic E-state index is -0.673. The van der Waals surface area contributed by atoms with Crippen molar-refractivity contribution in [1.29, 1.82) is 0 Å². The van der Waals surface area contributed by atoms with E-state index in [1.807, 2.05) is 0 Å². The van der Waals surface area contributed by atoms with Crippen LogP contribution in [0.4, 0.5) is 0 Å². The number of amides is 1. The molecule has 0 saturated carbocycles. The summed E-state index contributed by atoms with van der Waals surface area (Å²) in [5.74, 6) is -0.0646. The van der Waals surface area contributed by atoms with Gasteiger partial charge in [0.25, 0.3) is 0 Å². The number of hydrogen-bond donors (Lipinski definition) is 3. The lowest BCUT2D eigenvalue weighted by Gasteiger charge is -2.22. The zero-order valence-electron chi connectivity index (χ0n) is 47.0. The van der Waals surface area contributed by atoms with E-state index in [-0.39, 0.29) is 18.5 Å². The van der Waals surface area contributed by atoms with Gasteiger partial charge in [0.15, 0.2) is 0 Å². The fourth-order valence-corrected chi connectivity index (χ4v) is 9.63. The number of esters is 1. The number of aliphatic hydroxyl groups excluding tert-OH is 2. The Hall–Kier alpha value is -1.92. The first-order valence-electron chi connectivity index (χ1n) is 31.3. The van der Waals surface area contributed by atoms with Crippen LogP contribution in [0.15, 0.2) is 36.5 Å². The minimum Gasteiger partial charge on any atom is -0.466 e. The molecule has 0 heterocycles. The quantitative estimate of drug-likeness (QED) is 0.0244. The molecule has 2 unspecified atom stereocenters. The molecule has 6 nitrogen and oxygen atoms in total. The second-order valence-electron chi connectivity index (χ2n) is 21.4. The van der Waals surface area contributed by atoms with Crippen LogP contribution >= 0.6 is 0 Å². The van der Waals surface area contributed by atoms with Crippen LogP contribution in [0, 0.1) is 0 Å². The zero-order valence-corrected chi connectivity index (χ0v) is 47.0. The molecule has 70 heavy (non-hydrogen) atoms. The molecule has 0 fully saturated rings. The average Bonchev–Trinajstić information content (AvgIpc) is 3.36. The lowest BCUT2D eigenvalue weighted by atomic mass is 10.0. The van der Waals surface area contributed by atoms with E-state index >= 15 is 0 Å². The van der Waals surface area contributed by atoms with Crippen molar-refractivity contribution in [1.82, 2.24) is 5.32 Å². The molecule has 0 aromatic carbocycles. The van der Waals surface area contributed by atoms with Gasteiger partial charge >= 0.3 is 5.97 Å². The number of ether oxygens (including phenoxy) is 1. The van der Waals surface area contributed by atoms with Crippen molar-refractivity contribution in [3.8, 4) is 0 Å². The molecule has 0 rings (SSSR count). The number of rotatable bonds is 58. The molecule has 0 aliphatic rings. The summed E-state index contributed by atoms with van der Waals surface area (Å²) in [6.07, 6.45) is 74.4. The molecule has 0 aliphatic heterocycles. The molecule has 0 radical (unpaired) electrons. The Bertz CT molecular complexity index is 1130. The first-order valence-corrected chi connectivity index (χ1v) is 31.3. The van der Waals surface area contributed by atoms with E-state index in [0.717, 1.165) is 70.6 Å². The van der Waals surface area contributed by atoms with E-state index in [9.17, 15) is 19.8 Å². The third-order valence-electron chi connectivity index (χ3n) is 14.4. The van der Waals surface area contributed by atoms with Crippen LogP contribution in [0.1, 0.15) is 335 Å². The first-order chi connectivity index (χ1) is 34.5. The molecule has 412 valence electrons. The molecule has 2 atom stereocenters. The summed E-state index contributed by atoms with van der Waals surface area (Å²) in [6.45, 7) is 4.91. The fourth-order valence-electron chi connectivity index (χ4n) is 9.63. The Morgan fingerprint density at radius 2 is 0.714 bits per heavy atom. The van der Waals surface area contributed by atoms with Gasteiger partial charge in [0, 0.05) is 12.8 Å². The fraction of sp³-hybridized carbons (Fsp3) is 0.875. The smallest absolute Gasteiger partial charge is 0.305 e. The Morgan fingerprint density at radius 1 is 0.400 bits per heavy atom. The number of aliphatic hydroxyl groups is 2. The molecule has 0 aromatic rings. The van der Waals surface area contributed by atoms with Gasteiger partial charge in [0.1, 0.15) is 0 Å². The van der Waals surface area contributed by atoms with Gasteiger partial charge in [0.2, 0.25) is 5.91 Å². The van der Waals surface area contributed by atoms with Crippen molar-refractivity contribution < 1.29 is 24.5 Å². The monoisotopic (exact) mass is 984 g/mol. The average molecular weight is 985 g/mol. The van der Waals surface area contributed by atoms with Crippen LogP contribution in [0.25, 0.3) is 0 Å². The highest BCUT2D eigenvalue weighted by atomic mass is 16.5. The van der Waals surface area contributed by atoms with Crippen molar-refractivity contribution in [3.63, 3.8) is 0 Å². The van der Waals surface area contributed by atoms with Gasteiger partial charge in [0.05, 0.1) is 25.4 Å². The molecular formula is C64H121NO5. The van der Waals surface area contributed by atoms with Gasteiger partial charge in [-0.05, 0) is 83.5 Å². The second-order valence-corrected chi connectivity index (χ2v) is 21.4. The standard InChI is InChI=1S/C64H121NO5/c1-3-5-7-9-11-13-15-17-18-19-20-21-23-26-29-33-36-40-44-48-52-56-62(67)61(60-66)65-63(68)57-53-49-45-41-37-34-30-27-24-22-25-28-31-35-39-43-47-51-55-59-70-64(69)58-54-50-46-42-38-32-16-14-12-10-8-6-4-2/h14,16,28,31,35,39,61-62,66-67H,3-13,15,17-27,29-30,32-34,36-38,40-60H2,1-2H3,(H,65,68)/b16-14-,31-28-,39-35-. The Labute approximate surface area is 436 Å². The summed E-state index contributed by atoms with van der Waals surface area (Å²) >= 11 is 0. The predicted molar refractivity (Wildman–Crippen MR) is 306 cm³/mol. The maximum atomic E-state index is 12.5. The molecule has 0 bridgehead atoms. The van der Waals surface area contributed by atoms with Gasteiger partial charge in [-0.15, -0.1) is 0 Å². The van der Waals surface area contributed by atoms with E-state index < -0.39 is 12.1 Å². The first kappa shape index (κ1) is 68.1. The highest BCUT2D eigenvalue weighted by Gasteiger charge is 2.20. The summed E-state index contributed by atoms with van der Waals surface area (Å²) in [5.41, 5.74) is 0. The van der Waals surface area contributed by atoms with Crippen LogP contribution in [0.2, 0.25) is 0 Å². The number of carbonyl (C=O) groups is 2. The van der Waals surface area contributed by atoms with Gasteiger partial charge < -0.3 is 20.3 Å². The van der Waals surface area contributed by atoms with E-state index in [1.54, 1.807) is 0 Å². The summed E-state index contributed by atoms with van der Waals surface area (Å²) in [5, 5.41) is 23.4. The largest absolute Gasteiger partial charge is 0.466 e. The zero-order chi connectivity index (χ0) is 50.7. The van der Waals surface area contributed by atoms with Gasteiger partial charge in [-0.25, -0.2) is 0 Å². The molecule has 0 aliphatic carbocycles. The highest BCUT2D eigenvalue weighted by Crippen LogP contribution is 2.18. The van der Waals surface area contributed by atoms with Crippen molar-refractivity contribution in [3.05, 3.63) is 36.5 Å². The molecule has 1 amide bonds. The predicted octanol–water partition coefficient (Wildman–Crippen LogP) is 19.6. The van der Waals surface area contributed by atoms with Crippen LogP contribution in [-0.4, -0.2) is 47.4 Å². The number of unbranched alkanes of at least 4 members (excludes halogenated alkanes) is 42. The number of nitrogens with one attached hydrogen (secondary N) is 1. The highest BCUT2D eigenvalue weighted by molar-refractivity contribution is 5.76. The summed E-state index contributed by atoms with van der Waals surface area (Å²) in [7, 11) is 0. The van der Waals surface area contributed by atoms with E-state index in [4.69, 9.17) is 4.74 Å². The topological polar surface area (TPSA) is 95.9 Å². The Morgan fingerprint density at radius 3 is 1.11 bits per heavy atom. The van der Waals surface area contributed by atoms with Crippen molar-refractivity contribution in [2.75, 3.05) is 13.2 Å². The van der Waals surface area contributed by atoms with Crippen LogP contribution < -0.4 is 5.32 Å². The van der Waals surface area contributed by atoms with Crippen LogP contribution in [0.5, 0.6) is 0 Å². The normalized spacial score (nSPS) is 12.8. The summed E-state index contributed by atoms with van der Waals surface area (Å²) in [4.78, 5) is 24.5. The van der Waals surface area contributed by atoms with Crippen LogP contribution in [0.3, 0.4) is 0 Å². The van der Waals surface area contributed by atoms with E-state index in [0.29, 0.717) is 25.9 Å². The summed E-state index contributed by atoms with van der Waals surface area (Å²) < 4.78 is 5.44. The maximum Gasteiger partial charge on any atom is 0.305 e. The van der Waals surface area contributed by atoms with Gasteiger partial charge in [-0.2, -0.15) is 0 Å². The van der Waals surface area contributed by atoms with Crippen molar-refractivity contribution in [2.45, 2.75) is 347 Å². The molecule has 0 saturated heterocycles. The third-order valence-corrected chi connectivity index (χ3v) is 14.4. The SMILES string of the molecule is CCCCCC/C=C\CCCCCCCC(=O)OCCCCC/C=C\C=C/CCCCCCCCCCCCC(=O)NC(CO)C(O)CCCCCCCCCCCCCCCCCCCCCCC. The minimum absolute atomic E-state index is 0.0223. The Kier molecular flexibility index (Phi) is 58.0. The maximum absolute atomic E-state index is 12.5. The Balaban J connectivity index is 3.48. The number of hydrogen-bond acceptors (Lipinski definition) is 5. The van der Waals surface area contributed by atoms with Crippen molar-refractivity contribution >= 4 is 11.9 Å². The second kappa shape index (κ2) is 59.6. The molecule has 0 aromatic heterocycles. The molecule has 3 N–H and O–H groups in total. The van der Waals surface area contributed by atoms with Gasteiger partial charge in [-0.1, -0.05) is 275 Å². The van der Waals surface area contributed by atoms with Crippen LogP contribution in [-0.2, 0) is 14.3 Å². The molecular weight excluding hydrogens is 863 g/mol. The summed E-state index contributed by atoms with van der Waals surface area (Å²) in [6, 6.07) is -0.551. The number of carbonyl (C=O) groups excluding carboxylic acids is 2.